The number of pyridine rings is 1. The molecule has 0 bridgehead atoms. The number of carbonyl (C=O) groups is 2. The molecular formula is C28H22N2O4. The smallest absolute Gasteiger partial charge is 0.248 e. The summed E-state index contributed by atoms with van der Waals surface area (Å²) in [7, 11) is 0. The molecule has 34 heavy (non-hydrogen) atoms. The van der Waals surface area contributed by atoms with Crippen LogP contribution in [0.2, 0.25) is 0 Å². The number of rotatable bonds is 6. The highest BCUT2D eigenvalue weighted by atomic mass is 16.5. The Morgan fingerprint density at radius 2 is 1.62 bits per heavy atom. The van der Waals surface area contributed by atoms with Crippen molar-refractivity contribution < 1.29 is 19.1 Å². The molecule has 6 heteroatoms. The highest BCUT2D eigenvalue weighted by Crippen LogP contribution is 2.41. The Morgan fingerprint density at radius 1 is 0.912 bits per heavy atom. The second-order valence-corrected chi connectivity index (χ2v) is 8.00. The van der Waals surface area contributed by atoms with E-state index in [1.165, 1.54) is 0 Å². The van der Waals surface area contributed by atoms with Gasteiger partial charge in [-0.3, -0.25) is 14.6 Å². The van der Waals surface area contributed by atoms with Crippen LogP contribution in [0.15, 0.2) is 91.3 Å². The first-order valence-electron chi connectivity index (χ1n) is 11.0. The quantitative estimate of drug-likeness (QED) is 0.447. The summed E-state index contributed by atoms with van der Waals surface area (Å²) in [4.78, 5) is 28.2. The summed E-state index contributed by atoms with van der Waals surface area (Å²) in [6, 6.07) is 24.2. The van der Waals surface area contributed by atoms with Gasteiger partial charge in [-0.2, -0.15) is 0 Å². The molecule has 2 heterocycles. The molecule has 0 aliphatic carbocycles. The van der Waals surface area contributed by atoms with Gasteiger partial charge in [-0.15, -0.1) is 0 Å². The summed E-state index contributed by atoms with van der Waals surface area (Å²) in [6.45, 7) is 0.346. The Hall–Kier alpha value is -4.45. The van der Waals surface area contributed by atoms with E-state index in [1.54, 1.807) is 30.6 Å². The number of nitrogens with zero attached hydrogens (tertiary/aromatic N) is 1. The molecule has 4 aromatic rings. The van der Waals surface area contributed by atoms with Crippen molar-refractivity contribution in [1.29, 1.82) is 0 Å². The number of benzene rings is 3. The highest BCUT2D eigenvalue weighted by molar-refractivity contribution is 6.01. The predicted octanol–water partition coefficient (Wildman–Crippen LogP) is 4.98. The molecule has 1 amide bonds. The molecular weight excluding hydrogens is 428 g/mol. The van der Waals surface area contributed by atoms with E-state index in [2.05, 4.69) is 4.98 Å². The van der Waals surface area contributed by atoms with Gasteiger partial charge in [-0.05, 0) is 47.0 Å². The lowest BCUT2D eigenvalue weighted by Gasteiger charge is -2.25. The summed E-state index contributed by atoms with van der Waals surface area (Å²) >= 11 is 0. The molecule has 0 unspecified atom stereocenters. The van der Waals surface area contributed by atoms with Gasteiger partial charge in [0.2, 0.25) is 5.91 Å². The molecule has 6 nitrogen and oxygen atoms in total. The predicted molar refractivity (Wildman–Crippen MR) is 128 cm³/mol. The first-order valence-corrected chi connectivity index (χ1v) is 11.0. The molecule has 5 rings (SSSR count). The second-order valence-electron chi connectivity index (χ2n) is 8.00. The van der Waals surface area contributed by atoms with Crippen LogP contribution in [0.4, 0.5) is 0 Å². The van der Waals surface area contributed by atoms with Crippen LogP contribution < -0.4 is 15.2 Å². The number of Topliss-reactive ketones (excluding diaryl/α,β-unsaturated/α-hetero) is 1. The zero-order chi connectivity index (χ0) is 23.5. The molecule has 0 spiro atoms. The average Bonchev–Trinajstić information content (AvgIpc) is 2.88. The van der Waals surface area contributed by atoms with E-state index in [9.17, 15) is 9.59 Å². The minimum absolute atomic E-state index is 0.0534. The lowest BCUT2D eigenvalue weighted by Crippen LogP contribution is -2.16. The molecule has 0 fully saturated rings. The van der Waals surface area contributed by atoms with Gasteiger partial charge in [0.1, 0.15) is 17.6 Å². The molecule has 0 radical (unpaired) electrons. The Kier molecular flexibility index (Phi) is 5.79. The van der Waals surface area contributed by atoms with Crippen LogP contribution in [-0.4, -0.2) is 23.3 Å². The van der Waals surface area contributed by atoms with Crippen molar-refractivity contribution in [3.8, 4) is 22.6 Å². The topological polar surface area (TPSA) is 91.5 Å². The fraction of sp³-hybridized carbons (Fsp3) is 0.107. The van der Waals surface area contributed by atoms with Crippen molar-refractivity contribution in [2.24, 2.45) is 5.73 Å². The summed E-state index contributed by atoms with van der Waals surface area (Å²) < 4.78 is 12.4. The fourth-order valence-corrected chi connectivity index (χ4v) is 4.04. The van der Waals surface area contributed by atoms with Crippen molar-refractivity contribution in [2.45, 2.75) is 12.5 Å². The van der Waals surface area contributed by atoms with Crippen LogP contribution in [0.3, 0.4) is 0 Å². The van der Waals surface area contributed by atoms with Gasteiger partial charge >= 0.3 is 0 Å². The Labute approximate surface area is 197 Å². The maximum atomic E-state index is 12.6. The van der Waals surface area contributed by atoms with Gasteiger partial charge in [0.15, 0.2) is 5.78 Å². The Balaban J connectivity index is 1.63. The maximum Gasteiger partial charge on any atom is 0.248 e. The summed E-state index contributed by atoms with van der Waals surface area (Å²) in [6.07, 6.45) is 3.27. The van der Waals surface area contributed by atoms with Crippen molar-refractivity contribution in [2.75, 3.05) is 6.61 Å². The zero-order valence-electron chi connectivity index (χ0n) is 18.3. The molecule has 1 aromatic heterocycles. The molecule has 1 aliphatic heterocycles. The number of primary amides is 1. The molecule has 0 saturated carbocycles. The number of aromatic nitrogens is 1. The summed E-state index contributed by atoms with van der Waals surface area (Å²) in [5.74, 6) is 0.664. The number of nitrogens with two attached hydrogens (primary N) is 1. The van der Waals surface area contributed by atoms with Gasteiger partial charge < -0.3 is 15.2 Å². The number of carbonyl (C=O) groups excluding carboxylic acids is 2. The first-order chi connectivity index (χ1) is 16.6. The Morgan fingerprint density at radius 3 is 2.32 bits per heavy atom. The monoisotopic (exact) mass is 450 g/mol. The van der Waals surface area contributed by atoms with Crippen LogP contribution in [0.25, 0.3) is 11.1 Å². The van der Waals surface area contributed by atoms with E-state index in [4.69, 9.17) is 15.2 Å². The zero-order valence-corrected chi connectivity index (χ0v) is 18.3. The van der Waals surface area contributed by atoms with Crippen LogP contribution in [0.1, 0.15) is 44.4 Å². The van der Waals surface area contributed by atoms with Gasteiger partial charge in [-0.25, -0.2) is 0 Å². The van der Waals surface area contributed by atoms with Crippen molar-refractivity contribution >= 4 is 11.7 Å². The summed E-state index contributed by atoms with van der Waals surface area (Å²) in [5, 5.41) is 0. The molecule has 1 atom stereocenters. The van der Waals surface area contributed by atoms with E-state index in [0.717, 1.165) is 22.3 Å². The van der Waals surface area contributed by atoms with Crippen LogP contribution in [0.5, 0.6) is 11.5 Å². The SMILES string of the molecule is NC(=O)c1ccc([C@@H](Oc2cc3c(cc2-c2ccccc2)C(=O)CCO3)c2ccncc2)cc1. The molecule has 168 valence electrons. The maximum absolute atomic E-state index is 12.6. The fourth-order valence-electron chi connectivity index (χ4n) is 4.04. The van der Waals surface area contributed by atoms with E-state index in [0.29, 0.717) is 35.7 Å². The molecule has 1 aliphatic rings. The normalized spacial score (nSPS) is 13.5. The molecule has 0 saturated heterocycles. The third-order valence-corrected chi connectivity index (χ3v) is 5.81. The van der Waals surface area contributed by atoms with Crippen LogP contribution in [0, 0.1) is 0 Å². The number of hydrogen-bond donors (Lipinski definition) is 1. The largest absolute Gasteiger partial charge is 0.492 e. The number of ketones is 1. The Bertz CT molecular complexity index is 1340. The van der Waals surface area contributed by atoms with Gasteiger partial charge in [0.05, 0.1) is 12.2 Å². The van der Waals surface area contributed by atoms with E-state index in [-0.39, 0.29) is 5.78 Å². The number of hydrogen-bond acceptors (Lipinski definition) is 5. The van der Waals surface area contributed by atoms with Gasteiger partial charge in [0, 0.05) is 36.0 Å². The van der Waals surface area contributed by atoms with Gasteiger partial charge in [0.25, 0.3) is 0 Å². The van der Waals surface area contributed by atoms with E-state index in [1.807, 2.05) is 60.7 Å². The average molecular weight is 450 g/mol. The molecule has 3 aromatic carbocycles. The van der Waals surface area contributed by atoms with Crippen LogP contribution >= 0.6 is 0 Å². The van der Waals surface area contributed by atoms with E-state index < -0.39 is 12.0 Å². The van der Waals surface area contributed by atoms with Crippen molar-refractivity contribution in [3.05, 3.63) is 114 Å². The van der Waals surface area contributed by atoms with Gasteiger partial charge in [-0.1, -0.05) is 42.5 Å². The number of ether oxygens (including phenoxy) is 2. The van der Waals surface area contributed by atoms with E-state index >= 15 is 0 Å². The van der Waals surface area contributed by atoms with Crippen LogP contribution in [-0.2, 0) is 0 Å². The summed E-state index contributed by atoms with van der Waals surface area (Å²) in [5.41, 5.74) is 9.84. The standard InChI is InChI=1S/C28H22N2O4/c29-28(32)21-8-6-19(7-9-21)27(20-10-13-30-14-11-20)34-26-17-25-23(24(31)12-15-33-25)16-22(26)18-4-2-1-3-5-18/h1-11,13-14,16-17,27H,12,15H2,(H2,29,32)/t27-/m1/s1. The minimum atomic E-state index is -0.496. The highest BCUT2D eigenvalue weighted by Gasteiger charge is 2.25. The number of fused-ring (bicyclic) bond motifs is 1. The lowest BCUT2D eigenvalue weighted by atomic mass is 9.96. The van der Waals surface area contributed by atoms with Crippen molar-refractivity contribution in [1.82, 2.24) is 4.98 Å². The lowest BCUT2D eigenvalue weighted by molar-refractivity contribution is 0.0932. The molecule has 2 N–H and O–H groups in total. The second kappa shape index (κ2) is 9.19. The minimum Gasteiger partial charge on any atom is -0.492 e. The first kappa shape index (κ1) is 21.4. The number of amides is 1. The third-order valence-electron chi connectivity index (χ3n) is 5.81. The third kappa shape index (κ3) is 4.26. The van der Waals surface area contributed by atoms with Crippen molar-refractivity contribution in [3.63, 3.8) is 0 Å².